The van der Waals surface area contributed by atoms with Gasteiger partial charge in [-0.15, -0.1) is 0 Å². The Morgan fingerprint density at radius 1 is 1.17 bits per heavy atom. The lowest BCUT2D eigenvalue weighted by atomic mass is 9.83. The first-order valence-electron chi connectivity index (χ1n) is 13.4. The number of benzene rings is 1. The lowest BCUT2D eigenvalue weighted by Crippen LogP contribution is -2.35. The Kier molecular flexibility index (Phi) is 16.6. The van der Waals surface area contributed by atoms with Gasteiger partial charge in [-0.1, -0.05) is 102 Å². The van der Waals surface area contributed by atoms with Crippen molar-refractivity contribution in [3.63, 3.8) is 0 Å². The molecule has 0 saturated heterocycles. The Morgan fingerprint density at radius 3 is 2.17 bits per heavy atom. The highest BCUT2D eigenvalue weighted by molar-refractivity contribution is 5.76. The Labute approximate surface area is 221 Å². The molecule has 1 heterocycles. The van der Waals surface area contributed by atoms with Gasteiger partial charge in [0.2, 0.25) is 5.91 Å². The molecule has 1 aliphatic heterocycles. The number of aliphatic imine (C=N–C) groups is 1. The summed E-state index contributed by atoms with van der Waals surface area (Å²) in [5.74, 6) is -0.331. The summed E-state index contributed by atoms with van der Waals surface area (Å²) in [6.07, 6.45) is 11.4. The van der Waals surface area contributed by atoms with E-state index in [2.05, 4.69) is 71.4 Å². The van der Waals surface area contributed by atoms with Crippen LogP contribution >= 0.6 is 0 Å². The second-order valence-corrected chi connectivity index (χ2v) is 10.5. The molecule has 2 rings (SSSR count). The van der Waals surface area contributed by atoms with Crippen LogP contribution in [-0.4, -0.2) is 18.2 Å². The van der Waals surface area contributed by atoms with Crippen LogP contribution in [0.2, 0.25) is 0 Å². The van der Waals surface area contributed by atoms with Crippen molar-refractivity contribution < 1.29 is 9.18 Å². The van der Waals surface area contributed by atoms with Crippen molar-refractivity contribution in [3.05, 3.63) is 71.1 Å². The van der Waals surface area contributed by atoms with Crippen LogP contribution in [0.1, 0.15) is 112 Å². The number of nitrogens with one attached hydrogen (secondary N) is 1. The molecule has 0 spiro atoms. The van der Waals surface area contributed by atoms with Gasteiger partial charge in [-0.3, -0.25) is 9.79 Å². The molecule has 2 atom stereocenters. The number of hydrogen-bond donors (Lipinski definition) is 1. The summed E-state index contributed by atoms with van der Waals surface area (Å²) in [6.45, 7) is 23.0. The molecule has 202 valence electrons. The summed E-state index contributed by atoms with van der Waals surface area (Å²) in [6, 6.07) is 8.00. The number of rotatable bonds is 9. The summed E-state index contributed by atoms with van der Waals surface area (Å²) in [4.78, 5) is 15.4. The minimum absolute atomic E-state index is 0.0131. The van der Waals surface area contributed by atoms with Crippen LogP contribution in [0.3, 0.4) is 0 Å². The number of hydrogen-bond acceptors (Lipinski definition) is 2. The van der Waals surface area contributed by atoms with Gasteiger partial charge in [0, 0.05) is 6.92 Å². The third-order valence-electron chi connectivity index (χ3n) is 5.96. The highest BCUT2D eigenvalue weighted by atomic mass is 19.1. The van der Waals surface area contributed by atoms with Crippen molar-refractivity contribution in [1.82, 2.24) is 5.32 Å². The van der Waals surface area contributed by atoms with Crippen LogP contribution in [0.15, 0.2) is 65.0 Å². The van der Waals surface area contributed by atoms with Crippen LogP contribution in [-0.2, 0) is 11.2 Å². The highest BCUT2D eigenvalue weighted by Gasteiger charge is 2.15. The van der Waals surface area contributed by atoms with E-state index in [-0.39, 0.29) is 23.8 Å². The zero-order valence-electron chi connectivity index (χ0n) is 24.4. The number of carbonyl (C=O) groups is 1. The smallest absolute Gasteiger partial charge is 0.217 e. The number of allylic oxidation sites excluding steroid dienone is 3. The number of carbonyl (C=O) groups excluding carboxylic acids is 1. The summed E-state index contributed by atoms with van der Waals surface area (Å²) in [7, 11) is 0. The molecule has 0 radical (unpaired) electrons. The molecule has 1 N–H and O–H groups in total. The molecule has 0 aliphatic carbocycles. The quantitative estimate of drug-likeness (QED) is 0.339. The van der Waals surface area contributed by atoms with Crippen LogP contribution < -0.4 is 5.32 Å². The van der Waals surface area contributed by atoms with Gasteiger partial charge in [-0.2, -0.15) is 0 Å². The van der Waals surface area contributed by atoms with E-state index in [4.69, 9.17) is 0 Å². The van der Waals surface area contributed by atoms with Crippen LogP contribution in [0, 0.1) is 5.41 Å². The summed E-state index contributed by atoms with van der Waals surface area (Å²) < 4.78 is 12.9. The number of amides is 1. The average Bonchev–Trinajstić information content (AvgIpc) is 2.80. The van der Waals surface area contributed by atoms with Gasteiger partial charge in [-0.05, 0) is 62.1 Å². The zero-order chi connectivity index (χ0) is 27.7. The number of dihydropyridines is 1. The fraction of sp³-hybridized carbons (Fsp3) is 0.562. The number of nitrogens with zero attached hydrogens (tertiary/aromatic N) is 1. The molecule has 2 unspecified atom stereocenters. The Balaban J connectivity index is 0.000000736. The first-order chi connectivity index (χ1) is 16.9. The summed E-state index contributed by atoms with van der Waals surface area (Å²) in [5, 5.41) is 2.90. The maximum absolute atomic E-state index is 12.9. The fourth-order valence-electron chi connectivity index (χ4n) is 3.73. The van der Waals surface area contributed by atoms with Gasteiger partial charge in [0.15, 0.2) is 0 Å². The van der Waals surface area contributed by atoms with Gasteiger partial charge < -0.3 is 5.32 Å². The van der Waals surface area contributed by atoms with E-state index in [0.717, 1.165) is 16.7 Å². The second kappa shape index (κ2) is 17.9. The Hall–Kier alpha value is -2.49. The Morgan fingerprint density at radius 2 is 1.75 bits per heavy atom. The van der Waals surface area contributed by atoms with Gasteiger partial charge in [0.25, 0.3) is 0 Å². The first kappa shape index (κ1) is 33.5. The molecule has 1 aromatic rings. The van der Waals surface area contributed by atoms with E-state index < -0.39 is 0 Å². The molecular formula is C32H51FN2O. The van der Waals surface area contributed by atoms with Crippen molar-refractivity contribution in [3.8, 4) is 0 Å². The van der Waals surface area contributed by atoms with E-state index in [1.54, 1.807) is 11.6 Å². The van der Waals surface area contributed by atoms with Crippen LogP contribution in [0.4, 0.5) is 4.39 Å². The van der Waals surface area contributed by atoms with Gasteiger partial charge in [0.1, 0.15) is 5.83 Å². The standard InChI is InChI=1S/C18H21FN2O.C11H22.C3H8/c1-12(2)18(21-13(3)22)10-14-4-6-15(7-5-14)17-9-8-16(19)11-20-17;1-6-8-10(3)9-11(4,5)7-2;1-3-2/h4-8,11,17-18H,1,9-10H2,2-3H3,(H,21,22);8H,6-7,9H2,1-5H3;3H2,1-2H3/b;10-8+;. The molecule has 1 aromatic carbocycles. The molecule has 36 heavy (non-hydrogen) atoms. The molecule has 0 saturated carbocycles. The molecular weight excluding hydrogens is 447 g/mol. The summed E-state index contributed by atoms with van der Waals surface area (Å²) in [5.41, 5.74) is 5.15. The predicted molar refractivity (Wildman–Crippen MR) is 156 cm³/mol. The van der Waals surface area contributed by atoms with E-state index in [0.29, 0.717) is 18.3 Å². The minimum atomic E-state index is -0.271. The lowest BCUT2D eigenvalue weighted by molar-refractivity contribution is -0.119. The van der Waals surface area contributed by atoms with Gasteiger partial charge >= 0.3 is 0 Å². The number of halogens is 1. The average molecular weight is 499 g/mol. The third-order valence-corrected chi connectivity index (χ3v) is 5.96. The predicted octanol–water partition coefficient (Wildman–Crippen LogP) is 9.26. The molecule has 0 aromatic heterocycles. The lowest BCUT2D eigenvalue weighted by Gasteiger charge is -2.22. The monoisotopic (exact) mass is 498 g/mol. The maximum Gasteiger partial charge on any atom is 0.217 e. The van der Waals surface area contributed by atoms with Crippen molar-refractivity contribution in [2.24, 2.45) is 10.4 Å². The van der Waals surface area contributed by atoms with Crippen LogP contribution in [0.5, 0.6) is 0 Å². The third kappa shape index (κ3) is 14.8. The summed E-state index contributed by atoms with van der Waals surface area (Å²) >= 11 is 0. The normalized spacial score (nSPS) is 16.0. The molecule has 0 bridgehead atoms. The van der Waals surface area contributed by atoms with E-state index >= 15 is 0 Å². The largest absolute Gasteiger partial charge is 0.350 e. The molecule has 0 fully saturated rings. The molecule has 3 nitrogen and oxygen atoms in total. The van der Waals surface area contributed by atoms with Gasteiger partial charge in [-0.25, -0.2) is 4.39 Å². The highest BCUT2D eigenvalue weighted by Crippen LogP contribution is 2.28. The Bertz CT molecular complexity index is 878. The van der Waals surface area contributed by atoms with E-state index in [1.807, 2.05) is 31.2 Å². The minimum Gasteiger partial charge on any atom is -0.350 e. The molecule has 4 heteroatoms. The van der Waals surface area contributed by atoms with Crippen molar-refractivity contribution in [2.75, 3.05) is 0 Å². The fourth-order valence-corrected chi connectivity index (χ4v) is 3.73. The molecule has 1 amide bonds. The second-order valence-electron chi connectivity index (χ2n) is 10.5. The van der Waals surface area contributed by atoms with Crippen LogP contribution in [0.25, 0.3) is 0 Å². The van der Waals surface area contributed by atoms with E-state index in [9.17, 15) is 9.18 Å². The SMILES string of the molecule is C=C(C)C(Cc1ccc(C2CC=C(F)C=N2)cc1)NC(C)=O.CC/C=C(\C)CC(C)(C)CC.CCC. The first-order valence-corrected chi connectivity index (χ1v) is 13.4. The topological polar surface area (TPSA) is 41.5 Å². The van der Waals surface area contributed by atoms with Crippen molar-refractivity contribution >= 4 is 12.1 Å². The van der Waals surface area contributed by atoms with Crippen molar-refractivity contribution in [2.45, 2.75) is 113 Å². The zero-order valence-corrected chi connectivity index (χ0v) is 24.4. The molecule has 1 aliphatic rings. The maximum atomic E-state index is 12.9. The van der Waals surface area contributed by atoms with Crippen molar-refractivity contribution in [1.29, 1.82) is 0 Å². The van der Waals surface area contributed by atoms with E-state index in [1.165, 1.54) is 38.8 Å². The van der Waals surface area contributed by atoms with Gasteiger partial charge in [0.05, 0.1) is 18.3 Å².